The number of nitrogens with zero attached hydrogens (tertiary/aromatic N) is 1. The maximum Gasteiger partial charge on any atom is 0.338 e. The van der Waals surface area contributed by atoms with Gasteiger partial charge < -0.3 is 20.1 Å². The van der Waals surface area contributed by atoms with Crippen molar-refractivity contribution in [3.63, 3.8) is 0 Å². The van der Waals surface area contributed by atoms with Crippen LogP contribution in [0.4, 0.5) is 0 Å². The SMILES string of the molecule is COC(=O)C(C)(O)CNCC1(N(C)C)CCCC(C)C1. The molecule has 1 fully saturated rings. The molecule has 0 spiro atoms. The van der Waals surface area contributed by atoms with Crippen molar-refractivity contribution in [3.8, 4) is 0 Å². The van der Waals surface area contributed by atoms with Crippen LogP contribution in [0.25, 0.3) is 0 Å². The summed E-state index contributed by atoms with van der Waals surface area (Å²) in [6, 6.07) is 0. The number of methoxy groups -OCH3 is 1. The van der Waals surface area contributed by atoms with Crippen molar-refractivity contribution in [3.05, 3.63) is 0 Å². The summed E-state index contributed by atoms with van der Waals surface area (Å²) < 4.78 is 4.61. The van der Waals surface area contributed by atoms with Crippen LogP contribution >= 0.6 is 0 Å². The smallest absolute Gasteiger partial charge is 0.338 e. The maximum absolute atomic E-state index is 11.5. The second kappa shape index (κ2) is 6.87. The number of carbonyl (C=O) groups excluding carboxylic acids is 1. The fourth-order valence-corrected chi connectivity index (χ4v) is 3.19. The van der Waals surface area contributed by atoms with E-state index in [1.807, 2.05) is 0 Å². The second-order valence-corrected chi connectivity index (χ2v) is 6.69. The van der Waals surface area contributed by atoms with Gasteiger partial charge in [-0.15, -0.1) is 0 Å². The van der Waals surface area contributed by atoms with Gasteiger partial charge in [-0.3, -0.25) is 0 Å². The largest absolute Gasteiger partial charge is 0.467 e. The molecule has 0 amide bonds. The van der Waals surface area contributed by atoms with Crippen LogP contribution in [-0.4, -0.2) is 61.4 Å². The van der Waals surface area contributed by atoms with Crippen LogP contribution in [0.15, 0.2) is 0 Å². The molecule has 2 N–H and O–H groups in total. The molecule has 0 aromatic heterocycles. The van der Waals surface area contributed by atoms with E-state index in [1.165, 1.54) is 26.9 Å². The van der Waals surface area contributed by atoms with Gasteiger partial charge in [0.15, 0.2) is 5.60 Å². The lowest BCUT2D eigenvalue weighted by molar-refractivity contribution is -0.160. The summed E-state index contributed by atoms with van der Waals surface area (Å²) in [4.78, 5) is 13.7. The Kier molecular flexibility index (Phi) is 5.98. The van der Waals surface area contributed by atoms with Crippen LogP contribution in [0.3, 0.4) is 0 Å². The minimum Gasteiger partial charge on any atom is -0.467 e. The van der Waals surface area contributed by atoms with Crippen molar-refractivity contribution in [2.75, 3.05) is 34.3 Å². The molecule has 5 nitrogen and oxygen atoms in total. The number of nitrogens with one attached hydrogen (secondary N) is 1. The molecule has 1 saturated carbocycles. The van der Waals surface area contributed by atoms with E-state index in [9.17, 15) is 9.90 Å². The Bertz CT molecular complexity index is 331. The van der Waals surface area contributed by atoms with Crippen LogP contribution in [0.5, 0.6) is 0 Å². The van der Waals surface area contributed by atoms with Gasteiger partial charge in [0.1, 0.15) is 0 Å². The highest BCUT2D eigenvalue weighted by Gasteiger charge is 2.38. The molecule has 118 valence electrons. The zero-order valence-electron chi connectivity index (χ0n) is 13.5. The number of hydrogen-bond acceptors (Lipinski definition) is 5. The fraction of sp³-hybridized carbons (Fsp3) is 0.933. The molecule has 20 heavy (non-hydrogen) atoms. The van der Waals surface area contributed by atoms with Gasteiger partial charge in [0, 0.05) is 18.6 Å². The van der Waals surface area contributed by atoms with E-state index in [2.05, 4.69) is 36.0 Å². The summed E-state index contributed by atoms with van der Waals surface area (Å²) >= 11 is 0. The fourth-order valence-electron chi connectivity index (χ4n) is 3.19. The Hall–Kier alpha value is -0.650. The molecule has 1 rings (SSSR count). The minimum atomic E-state index is -1.47. The monoisotopic (exact) mass is 286 g/mol. The molecule has 5 heteroatoms. The number of esters is 1. The van der Waals surface area contributed by atoms with Crippen LogP contribution in [-0.2, 0) is 9.53 Å². The Balaban J connectivity index is 2.58. The Morgan fingerprint density at radius 1 is 1.55 bits per heavy atom. The highest BCUT2D eigenvalue weighted by atomic mass is 16.5. The van der Waals surface area contributed by atoms with Gasteiger partial charge in [-0.05, 0) is 39.8 Å². The molecule has 1 aliphatic rings. The number of hydrogen-bond donors (Lipinski definition) is 2. The van der Waals surface area contributed by atoms with Gasteiger partial charge in [-0.2, -0.15) is 0 Å². The molecule has 0 bridgehead atoms. The Morgan fingerprint density at radius 3 is 2.70 bits per heavy atom. The number of aliphatic hydroxyl groups is 1. The topological polar surface area (TPSA) is 61.8 Å². The molecular formula is C15H30N2O3. The molecule has 0 aromatic rings. The van der Waals surface area contributed by atoms with Gasteiger partial charge in [0.25, 0.3) is 0 Å². The van der Waals surface area contributed by atoms with Gasteiger partial charge >= 0.3 is 5.97 Å². The highest BCUT2D eigenvalue weighted by molar-refractivity contribution is 5.78. The lowest BCUT2D eigenvalue weighted by Crippen LogP contribution is -2.56. The molecule has 3 unspecified atom stereocenters. The minimum absolute atomic E-state index is 0.115. The van der Waals surface area contributed by atoms with Crippen molar-refractivity contribution in [2.45, 2.75) is 50.7 Å². The lowest BCUT2D eigenvalue weighted by Gasteiger charge is -2.45. The average molecular weight is 286 g/mol. The molecule has 0 aliphatic heterocycles. The van der Waals surface area contributed by atoms with E-state index in [0.29, 0.717) is 5.92 Å². The first-order valence-corrected chi connectivity index (χ1v) is 7.42. The van der Waals surface area contributed by atoms with Crippen LogP contribution in [0.2, 0.25) is 0 Å². The van der Waals surface area contributed by atoms with Crippen molar-refractivity contribution in [1.82, 2.24) is 10.2 Å². The van der Waals surface area contributed by atoms with E-state index in [4.69, 9.17) is 0 Å². The normalized spacial score (nSPS) is 30.1. The Labute approximate surface area is 122 Å². The maximum atomic E-state index is 11.5. The van der Waals surface area contributed by atoms with E-state index >= 15 is 0 Å². The Morgan fingerprint density at radius 2 is 2.20 bits per heavy atom. The number of likely N-dealkylation sites (N-methyl/N-ethyl adjacent to an activating group) is 1. The van der Waals surface area contributed by atoms with Gasteiger partial charge in [-0.25, -0.2) is 4.79 Å². The summed E-state index contributed by atoms with van der Waals surface area (Å²) in [6.45, 7) is 4.76. The average Bonchev–Trinajstić information content (AvgIpc) is 2.37. The molecule has 0 heterocycles. The molecule has 0 aromatic carbocycles. The molecular weight excluding hydrogens is 256 g/mol. The summed E-state index contributed by atoms with van der Waals surface area (Å²) in [7, 11) is 5.51. The van der Waals surface area contributed by atoms with Crippen molar-refractivity contribution >= 4 is 5.97 Å². The lowest BCUT2D eigenvalue weighted by atomic mass is 9.75. The number of rotatable bonds is 6. The van der Waals surface area contributed by atoms with Crippen molar-refractivity contribution in [2.24, 2.45) is 5.92 Å². The summed E-state index contributed by atoms with van der Waals surface area (Å²) in [5, 5.41) is 13.3. The summed E-state index contributed by atoms with van der Waals surface area (Å²) in [5.74, 6) is 0.120. The molecule has 1 aliphatic carbocycles. The quantitative estimate of drug-likeness (QED) is 0.714. The standard InChI is InChI=1S/C15H30N2O3/c1-12-7-6-8-15(9-12,17(3)4)11-16-10-14(2,19)13(18)20-5/h12,16,19H,6-11H2,1-5H3. The van der Waals surface area contributed by atoms with E-state index in [1.54, 1.807) is 0 Å². The predicted molar refractivity (Wildman–Crippen MR) is 79.6 cm³/mol. The number of ether oxygens (including phenoxy) is 1. The van der Waals surface area contributed by atoms with Crippen LogP contribution < -0.4 is 5.32 Å². The van der Waals surface area contributed by atoms with Gasteiger partial charge in [-0.1, -0.05) is 19.8 Å². The third kappa shape index (κ3) is 4.17. The zero-order chi connectivity index (χ0) is 15.4. The first kappa shape index (κ1) is 17.4. The molecule has 0 radical (unpaired) electrons. The molecule has 0 saturated heterocycles. The summed E-state index contributed by atoms with van der Waals surface area (Å²) in [6.07, 6.45) is 4.81. The third-order valence-corrected chi connectivity index (χ3v) is 4.56. The second-order valence-electron chi connectivity index (χ2n) is 6.69. The summed E-state index contributed by atoms with van der Waals surface area (Å²) in [5.41, 5.74) is -1.35. The number of carbonyl (C=O) groups is 1. The van der Waals surface area contributed by atoms with Gasteiger partial charge in [0.05, 0.1) is 7.11 Å². The van der Waals surface area contributed by atoms with Crippen molar-refractivity contribution < 1.29 is 14.6 Å². The van der Waals surface area contributed by atoms with E-state index in [0.717, 1.165) is 19.4 Å². The zero-order valence-corrected chi connectivity index (χ0v) is 13.5. The van der Waals surface area contributed by atoms with Gasteiger partial charge in [0.2, 0.25) is 0 Å². The predicted octanol–water partition coefficient (Wildman–Crippen LogP) is 1.01. The first-order valence-electron chi connectivity index (χ1n) is 7.42. The van der Waals surface area contributed by atoms with E-state index in [-0.39, 0.29) is 12.1 Å². The van der Waals surface area contributed by atoms with E-state index < -0.39 is 11.6 Å². The van der Waals surface area contributed by atoms with Crippen LogP contribution in [0, 0.1) is 5.92 Å². The molecule has 3 atom stereocenters. The van der Waals surface area contributed by atoms with Crippen molar-refractivity contribution in [1.29, 1.82) is 0 Å². The third-order valence-electron chi connectivity index (χ3n) is 4.56. The first-order chi connectivity index (χ1) is 9.23. The van der Waals surface area contributed by atoms with Crippen LogP contribution in [0.1, 0.15) is 39.5 Å². The highest BCUT2D eigenvalue weighted by Crippen LogP contribution is 2.35.